The first-order valence-electron chi connectivity index (χ1n) is 6.23. The smallest absolute Gasteiger partial charge is 0.263 e. The van der Waals surface area contributed by atoms with Gasteiger partial charge in [0.1, 0.15) is 17.1 Å². The molecule has 6 heteroatoms. The maximum atomic E-state index is 12.2. The molecule has 3 rings (SSSR count). The number of hydrogen-bond donors (Lipinski definition) is 2. The van der Waals surface area contributed by atoms with Crippen LogP contribution in [0.15, 0.2) is 65.6 Å². The van der Waals surface area contributed by atoms with Gasteiger partial charge in [-0.05, 0) is 30.3 Å². The number of aromatic nitrogens is 1. The second-order valence-corrected chi connectivity index (χ2v) is 6.15. The minimum absolute atomic E-state index is 0.00765. The van der Waals surface area contributed by atoms with Gasteiger partial charge in [0.2, 0.25) is 0 Å². The number of aromatic hydroxyl groups is 1. The highest BCUT2D eigenvalue weighted by Crippen LogP contribution is 2.24. The Kier molecular flexibility index (Phi) is 3.23. The van der Waals surface area contributed by atoms with Crippen molar-refractivity contribution in [3.8, 4) is 5.75 Å². The molecule has 0 aliphatic rings. The zero-order valence-electron chi connectivity index (χ0n) is 10.9. The summed E-state index contributed by atoms with van der Waals surface area (Å²) in [5, 5.41) is 10.5. The third-order valence-electron chi connectivity index (χ3n) is 2.99. The lowest BCUT2D eigenvalue weighted by Crippen LogP contribution is -2.13. The lowest BCUT2D eigenvalue weighted by molar-refractivity contribution is 0.480. The van der Waals surface area contributed by atoms with Crippen molar-refractivity contribution in [2.24, 2.45) is 0 Å². The van der Waals surface area contributed by atoms with Gasteiger partial charge in [0, 0.05) is 5.39 Å². The molecule has 0 aliphatic heterocycles. The molecule has 0 saturated carbocycles. The number of nitrogens with one attached hydrogen (secondary N) is 1. The minimum Gasteiger partial charge on any atom is -0.506 e. The number of para-hydroxylation sites is 1. The summed E-state index contributed by atoms with van der Waals surface area (Å²) in [5.74, 6) is 0.168. The molecule has 2 aromatic carbocycles. The zero-order chi connectivity index (χ0) is 14.9. The standard InChI is InChI=1S/C15H12N2O3S/c18-13-8-4-5-11-9-10-14(16-15(11)13)17-21(19,20)12-6-2-1-3-7-12/h1-10,18H,(H,16,17). The van der Waals surface area contributed by atoms with Gasteiger partial charge < -0.3 is 5.11 Å². The van der Waals surface area contributed by atoms with Crippen LogP contribution in [-0.2, 0) is 10.0 Å². The maximum Gasteiger partial charge on any atom is 0.263 e. The normalized spacial score (nSPS) is 11.4. The molecular formula is C15H12N2O3S. The molecule has 106 valence electrons. The Hall–Kier alpha value is -2.60. The summed E-state index contributed by atoms with van der Waals surface area (Å²) in [4.78, 5) is 4.30. The summed E-state index contributed by atoms with van der Waals surface area (Å²) in [7, 11) is -3.69. The Morgan fingerprint density at radius 1 is 0.905 bits per heavy atom. The van der Waals surface area contributed by atoms with Crippen molar-refractivity contribution in [3.63, 3.8) is 0 Å². The van der Waals surface area contributed by atoms with Crippen LogP contribution in [0, 0.1) is 0 Å². The number of pyridine rings is 1. The first-order valence-corrected chi connectivity index (χ1v) is 7.71. The highest BCUT2D eigenvalue weighted by Gasteiger charge is 2.14. The SMILES string of the molecule is O=S(=O)(Nc1ccc2cccc(O)c2n1)c1ccccc1. The lowest BCUT2D eigenvalue weighted by Gasteiger charge is -2.08. The Morgan fingerprint density at radius 2 is 1.67 bits per heavy atom. The molecule has 1 heterocycles. The molecule has 0 amide bonds. The molecule has 0 saturated heterocycles. The average molecular weight is 300 g/mol. The van der Waals surface area contributed by atoms with Crippen LogP contribution in [0.5, 0.6) is 5.75 Å². The number of benzene rings is 2. The number of fused-ring (bicyclic) bond motifs is 1. The van der Waals surface area contributed by atoms with Gasteiger partial charge in [0.25, 0.3) is 10.0 Å². The Morgan fingerprint density at radius 3 is 2.43 bits per heavy atom. The van der Waals surface area contributed by atoms with Crippen molar-refractivity contribution in [2.75, 3.05) is 4.72 Å². The summed E-state index contributed by atoms with van der Waals surface area (Å²) >= 11 is 0. The lowest BCUT2D eigenvalue weighted by atomic mass is 10.2. The van der Waals surface area contributed by atoms with Crippen molar-refractivity contribution >= 4 is 26.7 Å². The van der Waals surface area contributed by atoms with E-state index in [0.29, 0.717) is 5.52 Å². The molecule has 1 aromatic heterocycles. The van der Waals surface area contributed by atoms with Crippen molar-refractivity contribution in [1.82, 2.24) is 4.98 Å². The van der Waals surface area contributed by atoms with Gasteiger partial charge in [0.15, 0.2) is 0 Å². The number of sulfonamides is 1. The molecule has 21 heavy (non-hydrogen) atoms. The van der Waals surface area contributed by atoms with Gasteiger partial charge in [0.05, 0.1) is 4.90 Å². The zero-order valence-corrected chi connectivity index (χ0v) is 11.7. The molecule has 0 unspecified atom stereocenters. The highest BCUT2D eigenvalue weighted by atomic mass is 32.2. The number of phenolic OH excluding ortho intramolecular Hbond substituents is 1. The van der Waals surface area contributed by atoms with Crippen molar-refractivity contribution in [3.05, 3.63) is 60.7 Å². The maximum absolute atomic E-state index is 12.2. The van der Waals surface area contributed by atoms with E-state index in [4.69, 9.17) is 0 Å². The fourth-order valence-corrected chi connectivity index (χ4v) is 3.01. The van der Waals surface area contributed by atoms with Crippen LogP contribution >= 0.6 is 0 Å². The number of anilines is 1. The molecule has 0 aliphatic carbocycles. The van der Waals surface area contributed by atoms with Gasteiger partial charge in [-0.2, -0.15) is 0 Å². The largest absolute Gasteiger partial charge is 0.506 e. The Balaban J connectivity index is 2.01. The van der Waals surface area contributed by atoms with E-state index in [1.165, 1.54) is 18.2 Å². The van der Waals surface area contributed by atoms with E-state index in [1.807, 2.05) is 0 Å². The molecule has 0 radical (unpaired) electrons. The molecule has 0 spiro atoms. The highest BCUT2D eigenvalue weighted by molar-refractivity contribution is 7.92. The molecular weight excluding hydrogens is 288 g/mol. The van der Waals surface area contributed by atoms with Crippen LogP contribution in [0.3, 0.4) is 0 Å². The predicted molar refractivity (Wildman–Crippen MR) is 80.7 cm³/mol. The van der Waals surface area contributed by atoms with Crippen molar-refractivity contribution in [1.29, 1.82) is 0 Å². The Labute approximate surface area is 121 Å². The van der Waals surface area contributed by atoms with Gasteiger partial charge in [-0.15, -0.1) is 0 Å². The van der Waals surface area contributed by atoms with Gasteiger partial charge in [-0.1, -0.05) is 30.3 Å². The minimum atomic E-state index is -3.69. The molecule has 0 atom stereocenters. The summed E-state index contributed by atoms with van der Waals surface area (Å²) in [5.41, 5.74) is 0.353. The summed E-state index contributed by atoms with van der Waals surface area (Å²) in [6, 6.07) is 16.3. The predicted octanol–water partition coefficient (Wildman–Crippen LogP) is 2.74. The van der Waals surface area contributed by atoms with Crippen LogP contribution in [0.2, 0.25) is 0 Å². The number of phenols is 1. The van der Waals surface area contributed by atoms with Crippen LogP contribution < -0.4 is 4.72 Å². The summed E-state index contributed by atoms with van der Waals surface area (Å²) in [6.45, 7) is 0. The Bertz CT molecular complexity index is 893. The fraction of sp³-hybridized carbons (Fsp3) is 0. The third kappa shape index (κ3) is 2.66. The quantitative estimate of drug-likeness (QED) is 0.779. The van der Waals surface area contributed by atoms with Crippen molar-refractivity contribution in [2.45, 2.75) is 4.90 Å². The third-order valence-corrected chi connectivity index (χ3v) is 4.36. The van der Waals surface area contributed by atoms with Gasteiger partial charge >= 0.3 is 0 Å². The van der Waals surface area contributed by atoms with Crippen LogP contribution in [0.25, 0.3) is 10.9 Å². The molecule has 5 nitrogen and oxygen atoms in total. The first-order chi connectivity index (χ1) is 10.1. The van der Waals surface area contributed by atoms with E-state index < -0.39 is 10.0 Å². The van der Waals surface area contributed by atoms with E-state index >= 15 is 0 Å². The molecule has 3 aromatic rings. The average Bonchev–Trinajstić information content (AvgIpc) is 2.49. The molecule has 0 bridgehead atoms. The fourth-order valence-electron chi connectivity index (χ4n) is 1.98. The first kappa shape index (κ1) is 13.4. The van der Waals surface area contributed by atoms with E-state index in [-0.39, 0.29) is 16.5 Å². The van der Waals surface area contributed by atoms with E-state index in [9.17, 15) is 13.5 Å². The molecule has 2 N–H and O–H groups in total. The number of hydrogen-bond acceptors (Lipinski definition) is 4. The van der Waals surface area contributed by atoms with Gasteiger partial charge in [-0.25, -0.2) is 13.4 Å². The van der Waals surface area contributed by atoms with Crippen molar-refractivity contribution < 1.29 is 13.5 Å². The van der Waals surface area contributed by atoms with E-state index in [0.717, 1.165) is 5.39 Å². The topological polar surface area (TPSA) is 79.3 Å². The van der Waals surface area contributed by atoms with E-state index in [2.05, 4.69) is 9.71 Å². The van der Waals surface area contributed by atoms with Crippen LogP contribution in [-0.4, -0.2) is 18.5 Å². The number of nitrogens with zero attached hydrogens (tertiary/aromatic N) is 1. The summed E-state index contributed by atoms with van der Waals surface area (Å²) < 4.78 is 26.8. The van der Waals surface area contributed by atoms with Crippen LogP contribution in [0.1, 0.15) is 0 Å². The number of rotatable bonds is 3. The van der Waals surface area contributed by atoms with Gasteiger partial charge in [-0.3, -0.25) is 4.72 Å². The second-order valence-electron chi connectivity index (χ2n) is 4.46. The molecule has 0 fully saturated rings. The van der Waals surface area contributed by atoms with E-state index in [1.54, 1.807) is 42.5 Å². The van der Waals surface area contributed by atoms with Crippen LogP contribution in [0.4, 0.5) is 5.82 Å². The monoisotopic (exact) mass is 300 g/mol. The summed E-state index contributed by atoms with van der Waals surface area (Å²) in [6.07, 6.45) is 0. The second kappa shape index (κ2) is 5.06.